The molecule has 3 aromatic rings. The molecule has 0 aliphatic heterocycles. The smallest absolute Gasteiger partial charge is 0.270 e. The molecule has 2 heterocycles. The molecular formula is C21H22N4O2. The van der Waals surface area contributed by atoms with E-state index in [9.17, 15) is 4.79 Å². The highest BCUT2D eigenvalue weighted by Crippen LogP contribution is 2.28. The lowest BCUT2D eigenvalue weighted by atomic mass is 10.2. The SMILES string of the molecule is CC(C)Oc1ccccc1Nc1ccnc(C(=O)NCc2ccccn2)c1. The highest BCUT2D eigenvalue weighted by atomic mass is 16.5. The van der Waals surface area contributed by atoms with E-state index in [0.29, 0.717) is 12.2 Å². The zero-order valence-corrected chi connectivity index (χ0v) is 15.3. The Balaban J connectivity index is 1.69. The molecule has 0 atom stereocenters. The van der Waals surface area contributed by atoms with E-state index in [-0.39, 0.29) is 12.0 Å². The topological polar surface area (TPSA) is 76.1 Å². The molecule has 0 aliphatic carbocycles. The second kappa shape index (κ2) is 8.80. The number of nitrogens with one attached hydrogen (secondary N) is 2. The maximum absolute atomic E-state index is 12.4. The van der Waals surface area contributed by atoms with Crippen LogP contribution in [0.5, 0.6) is 5.75 Å². The number of anilines is 2. The van der Waals surface area contributed by atoms with Gasteiger partial charge >= 0.3 is 0 Å². The highest BCUT2D eigenvalue weighted by Gasteiger charge is 2.10. The van der Waals surface area contributed by atoms with E-state index >= 15 is 0 Å². The molecule has 0 aliphatic rings. The summed E-state index contributed by atoms with van der Waals surface area (Å²) in [5.74, 6) is 0.501. The molecule has 6 heteroatoms. The zero-order valence-electron chi connectivity index (χ0n) is 15.3. The van der Waals surface area contributed by atoms with Crippen molar-refractivity contribution in [3.63, 3.8) is 0 Å². The summed E-state index contributed by atoms with van der Waals surface area (Å²) in [5, 5.41) is 6.12. The lowest BCUT2D eigenvalue weighted by Gasteiger charge is -2.15. The predicted molar refractivity (Wildman–Crippen MR) is 105 cm³/mol. The molecule has 0 saturated heterocycles. The van der Waals surface area contributed by atoms with Crippen molar-refractivity contribution in [3.05, 3.63) is 78.4 Å². The van der Waals surface area contributed by atoms with Crippen LogP contribution in [0.4, 0.5) is 11.4 Å². The Morgan fingerprint density at radius 1 is 1.04 bits per heavy atom. The number of ether oxygens (including phenoxy) is 1. The fourth-order valence-corrected chi connectivity index (χ4v) is 2.48. The number of hydrogen-bond donors (Lipinski definition) is 2. The third kappa shape index (κ3) is 5.28. The third-order valence-electron chi connectivity index (χ3n) is 3.68. The first-order valence-electron chi connectivity index (χ1n) is 8.78. The van der Waals surface area contributed by atoms with Crippen LogP contribution < -0.4 is 15.4 Å². The molecule has 2 N–H and O–H groups in total. The Hall–Kier alpha value is -3.41. The van der Waals surface area contributed by atoms with Gasteiger partial charge in [-0.1, -0.05) is 18.2 Å². The first-order valence-corrected chi connectivity index (χ1v) is 8.78. The number of amides is 1. The van der Waals surface area contributed by atoms with Gasteiger partial charge in [-0.05, 0) is 50.2 Å². The minimum atomic E-state index is -0.254. The molecule has 1 amide bonds. The number of benzene rings is 1. The first kappa shape index (κ1) is 18.4. The molecule has 0 bridgehead atoms. The number of para-hydroxylation sites is 2. The highest BCUT2D eigenvalue weighted by molar-refractivity contribution is 5.93. The second-order valence-electron chi connectivity index (χ2n) is 6.22. The second-order valence-corrected chi connectivity index (χ2v) is 6.22. The van der Waals surface area contributed by atoms with E-state index in [4.69, 9.17) is 4.74 Å². The van der Waals surface area contributed by atoms with Gasteiger partial charge in [0.05, 0.1) is 24.0 Å². The van der Waals surface area contributed by atoms with Crippen LogP contribution in [0.1, 0.15) is 30.0 Å². The van der Waals surface area contributed by atoms with Crippen LogP contribution in [-0.4, -0.2) is 22.0 Å². The Labute approximate surface area is 158 Å². The number of carbonyl (C=O) groups excluding carboxylic acids is 1. The molecule has 0 unspecified atom stereocenters. The summed E-state index contributed by atoms with van der Waals surface area (Å²) in [6.07, 6.45) is 3.36. The van der Waals surface area contributed by atoms with Gasteiger partial charge < -0.3 is 15.4 Å². The van der Waals surface area contributed by atoms with E-state index < -0.39 is 0 Å². The van der Waals surface area contributed by atoms with E-state index in [0.717, 1.165) is 22.8 Å². The molecule has 0 radical (unpaired) electrons. The predicted octanol–water partition coefficient (Wildman–Crippen LogP) is 3.94. The number of nitrogens with zero attached hydrogens (tertiary/aromatic N) is 2. The van der Waals surface area contributed by atoms with Crippen LogP contribution in [0.3, 0.4) is 0 Å². The first-order chi connectivity index (χ1) is 13.1. The van der Waals surface area contributed by atoms with Crippen molar-refractivity contribution in [2.24, 2.45) is 0 Å². The fraction of sp³-hybridized carbons (Fsp3) is 0.190. The van der Waals surface area contributed by atoms with Gasteiger partial charge in [-0.3, -0.25) is 14.8 Å². The molecular weight excluding hydrogens is 340 g/mol. The lowest BCUT2D eigenvalue weighted by Crippen LogP contribution is -2.24. The number of carbonyl (C=O) groups is 1. The van der Waals surface area contributed by atoms with E-state index in [1.807, 2.05) is 62.4 Å². The minimum Gasteiger partial charge on any atom is -0.489 e. The Morgan fingerprint density at radius 3 is 2.63 bits per heavy atom. The summed E-state index contributed by atoms with van der Waals surface area (Å²) in [4.78, 5) is 20.7. The van der Waals surface area contributed by atoms with Gasteiger partial charge in [0.25, 0.3) is 5.91 Å². The molecule has 138 valence electrons. The molecule has 2 aromatic heterocycles. The maximum Gasteiger partial charge on any atom is 0.270 e. The summed E-state index contributed by atoms with van der Waals surface area (Å²) >= 11 is 0. The molecule has 27 heavy (non-hydrogen) atoms. The van der Waals surface area contributed by atoms with Gasteiger partial charge in [-0.15, -0.1) is 0 Å². The average Bonchev–Trinajstić information content (AvgIpc) is 2.68. The summed E-state index contributed by atoms with van der Waals surface area (Å²) in [6, 6.07) is 16.8. The Bertz CT molecular complexity index is 897. The Kier molecular flexibility index (Phi) is 5.99. The van der Waals surface area contributed by atoms with Crippen molar-refractivity contribution in [2.45, 2.75) is 26.5 Å². The largest absolute Gasteiger partial charge is 0.489 e. The van der Waals surface area contributed by atoms with Crippen molar-refractivity contribution >= 4 is 17.3 Å². The van der Waals surface area contributed by atoms with Gasteiger partial charge in [0.15, 0.2) is 0 Å². The summed E-state index contributed by atoms with van der Waals surface area (Å²) in [5.41, 5.74) is 2.71. The summed E-state index contributed by atoms with van der Waals surface area (Å²) in [6.45, 7) is 4.31. The Morgan fingerprint density at radius 2 is 1.85 bits per heavy atom. The quantitative estimate of drug-likeness (QED) is 0.666. The van der Waals surface area contributed by atoms with Crippen molar-refractivity contribution in [1.82, 2.24) is 15.3 Å². The van der Waals surface area contributed by atoms with Crippen LogP contribution in [0, 0.1) is 0 Å². The summed E-state index contributed by atoms with van der Waals surface area (Å²) in [7, 11) is 0. The molecule has 1 aromatic carbocycles. The van der Waals surface area contributed by atoms with Crippen molar-refractivity contribution in [3.8, 4) is 5.75 Å². The fourth-order valence-electron chi connectivity index (χ4n) is 2.48. The van der Waals surface area contributed by atoms with Crippen LogP contribution in [0.15, 0.2) is 67.0 Å². The normalized spacial score (nSPS) is 10.5. The zero-order chi connectivity index (χ0) is 19.1. The maximum atomic E-state index is 12.4. The van der Waals surface area contributed by atoms with Gasteiger partial charge in [0.1, 0.15) is 11.4 Å². The van der Waals surface area contributed by atoms with Crippen molar-refractivity contribution in [2.75, 3.05) is 5.32 Å². The average molecular weight is 362 g/mol. The number of aromatic nitrogens is 2. The monoisotopic (exact) mass is 362 g/mol. The van der Waals surface area contributed by atoms with Crippen molar-refractivity contribution < 1.29 is 9.53 Å². The lowest BCUT2D eigenvalue weighted by molar-refractivity contribution is 0.0945. The third-order valence-corrected chi connectivity index (χ3v) is 3.68. The molecule has 3 rings (SSSR count). The van der Waals surface area contributed by atoms with Crippen molar-refractivity contribution in [1.29, 1.82) is 0 Å². The minimum absolute atomic E-state index is 0.0679. The van der Waals surface area contributed by atoms with Gasteiger partial charge in [0, 0.05) is 18.1 Å². The number of rotatable bonds is 7. The van der Waals surface area contributed by atoms with E-state index in [1.54, 1.807) is 18.5 Å². The molecule has 6 nitrogen and oxygen atoms in total. The van der Waals surface area contributed by atoms with Gasteiger partial charge in [-0.2, -0.15) is 0 Å². The van der Waals surface area contributed by atoms with Gasteiger partial charge in [0.2, 0.25) is 0 Å². The number of hydrogen-bond acceptors (Lipinski definition) is 5. The van der Waals surface area contributed by atoms with Gasteiger partial charge in [-0.25, -0.2) is 0 Å². The standard InChI is InChI=1S/C21H22N4O2/c1-15(2)27-20-9-4-3-8-18(20)25-16-10-12-23-19(13-16)21(26)24-14-17-7-5-6-11-22-17/h3-13,15H,14H2,1-2H3,(H,23,25)(H,24,26). The van der Waals surface area contributed by atoms with E-state index in [2.05, 4.69) is 20.6 Å². The van der Waals surface area contributed by atoms with Crippen LogP contribution in [0.2, 0.25) is 0 Å². The molecule has 0 saturated carbocycles. The summed E-state index contributed by atoms with van der Waals surface area (Å²) < 4.78 is 5.82. The molecule has 0 spiro atoms. The van der Waals surface area contributed by atoms with Crippen LogP contribution in [-0.2, 0) is 6.54 Å². The van der Waals surface area contributed by atoms with E-state index in [1.165, 1.54) is 0 Å². The number of pyridine rings is 2. The van der Waals surface area contributed by atoms with Crippen LogP contribution in [0.25, 0.3) is 0 Å². The molecule has 0 fully saturated rings. The van der Waals surface area contributed by atoms with Crippen LogP contribution >= 0.6 is 0 Å².